The third kappa shape index (κ3) is 7.52. The van der Waals surface area contributed by atoms with Crippen LogP contribution in [0.5, 0.6) is 5.88 Å². The maximum atomic E-state index is 12.9. The smallest absolute Gasteiger partial charge is 0.338 e. The zero-order valence-electron chi connectivity index (χ0n) is 30.1. The van der Waals surface area contributed by atoms with E-state index < -0.39 is 5.60 Å². The predicted molar refractivity (Wildman–Crippen MR) is 194 cm³/mol. The molecule has 3 aromatic heterocycles. The van der Waals surface area contributed by atoms with Gasteiger partial charge in [0.05, 0.1) is 67.3 Å². The van der Waals surface area contributed by atoms with Gasteiger partial charge in [-0.2, -0.15) is 5.10 Å². The standard InChI is InChI=1S/C40H48N6O5/c1-39(2,3)51-38(47)29-10-11-33-35(19-29)45(21-31-14-17-49-31)36(42-33)22-44-15-12-28(13-16-44)32-6-5-7-37(43-32)50-23-27-8-9-30-20-41-46(34(30)18-27)24-40(4)25-48-26-40/h5-11,18-20,28,31H,12-17,21-26H2,1-4H3. The molecule has 3 aliphatic rings. The van der Waals surface area contributed by atoms with E-state index in [0.717, 1.165) is 111 Å². The van der Waals surface area contributed by atoms with Crippen LogP contribution in [0.2, 0.25) is 0 Å². The van der Waals surface area contributed by atoms with Crippen LogP contribution in [0.15, 0.2) is 60.8 Å². The Bertz CT molecular complexity index is 2030. The fourth-order valence-corrected chi connectivity index (χ4v) is 7.31. The first-order valence-corrected chi connectivity index (χ1v) is 18.3. The summed E-state index contributed by atoms with van der Waals surface area (Å²) in [6.07, 6.45) is 5.15. The highest BCUT2D eigenvalue weighted by molar-refractivity contribution is 5.94. The molecule has 3 fully saturated rings. The van der Waals surface area contributed by atoms with Gasteiger partial charge in [0.2, 0.25) is 5.88 Å². The topological polar surface area (TPSA) is 106 Å². The van der Waals surface area contributed by atoms with Crippen LogP contribution in [0.4, 0.5) is 0 Å². The number of piperidine rings is 1. The Labute approximate surface area is 298 Å². The molecule has 0 N–H and O–H groups in total. The number of ether oxygens (including phenoxy) is 4. The van der Waals surface area contributed by atoms with Crippen molar-refractivity contribution in [3.63, 3.8) is 0 Å². The number of carbonyl (C=O) groups excluding carboxylic acids is 1. The third-order valence-corrected chi connectivity index (χ3v) is 10.3. The molecule has 11 nitrogen and oxygen atoms in total. The summed E-state index contributed by atoms with van der Waals surface area (Å²) in [6.45, 7) is 14.9. The normalized spacial score (nSPS) is 19.6. The zero-order valence-corrected chi connectivity index (χ0v) is 30.1. The summed E-state index contributed by atoms with van der Waals surface area (Å²) in [5, 5.41) is 5.77. The number of likely N-dealkylation sites (tertiary alicyclic amines) is 1. The van der Waals surface area contributed by atoms with Gasteiger partial charge < -0.3 is 23.5 Å². The number of rotatable bonds is 11. The summed E-state index contributed by atoms with van der Waals surface area (Å²) >= 11 is 0. The molecule has 3 aliphatic heterocycles. The largest absolute Gasteiger partial charge is 0.473 e. The molecule has 0 spiro atoms. The molecule has 3 saturated heterocycles. The minimum atomic E-state index is -0.557. The Morgan fingerprint density at radius 1 is 1.00 bits per heavy atom. The number of esters is 1. The minimum absolute atomic E-state index is 0.142. The summed E-state index contributed by atoms with van der Waals surface area (Å²) in [5.74, 6) is 1.70. The van der Waals surface area contributed by atoms with Gasteiger partial charge in [0, 0.05) is 35.1 Å². The summed E-state index contributed by atoms with van der Waals surface area (Å²) in [7, 11) is 0. The number of hydrogen-bond acceptors (Lipinski definition) is 9. The molecule has 6 heterocycles. The number of hydrogen-bond donors (Lipinski definition) is 0. The lowest BCUT2D eigenvalue weighted by Crippen LogP contribution is -2.43. The first kappa shape index (κ1) is 33.8. The average molecular weight is 693 g/mol. The Morgan fingerprint density at radius 3 is 2.55 bits per heavy atom. The van der Waals surface area contributed by atoms with Gasteiger partial charge in [0.1, 0.15) is 18.0 Å². The van der Waals surface area contributed by atoms with E-state index in [-0.39, 0.29) is 17.5 Å². The zero-order chi connectivity index (χ0) is 35.2. The van der Waals surface area contributed by atoms with Crippen molar-refractivity contribution in [2.24, 2.45) is 5.41 Å². The van der Waals surface area contributed by atoms with Crippen molar-refractivity contribution in [3.8, 4) is 5.88 Å². The highest BCUT2D eigenvalue weighted by atomic mass is 16.6. The van der Waals surface area contributed by atoms with Crippen molar-refractivity contribution in [2.75, 3.05) is 32.9 Å². The third-order valence-electron chi connectivity index (χ3n) is 10.3. The molecule has 0 saturated carbocycles. The molecular formula is C40H48N6O5. The van der Waals surface area contributed by atoms with E-state index in [9.17, 15) is 4.79 Å². The Kier molecular flexibility index (Phi) is 9.06. The molecule has 268 valence electrons. The first-order valence-electron chi connectivity index (χ1n) is 18.3. The van der Waals surface area contributed by atoms with Crippen LogP contribution in [-0.4, -0.2) is 79.8 Å². The van der Waals surface area contributed by atoms with Gasteiger partial charge >= 0.3 is 5.97 Å². The van der Waals surface area contributed by atoms with Gasteiger partial charge in [-0.25, -0.2) is 14.8 Å². The molecule has 2 aromatic carbocycles. The molecule has 11 heteroatoms. The number of aromatic nitrogens is 5. The Balaban J connectivity index is 0.905. The average Bonchev–Trinajstić information content (AvgIpc) is 3.63. The summed E-state index contributed by atoms with van der Waals surface area (Å²) in [6, 6.07) is 18.2. The maximum Gasteiger partial charge on any atom is 0.338 e. The Hall–Kier alpha value is -4.32. The lowest BCUT2D eigenvalue weighted by Gasteiger charge is -2.37. The Morgan fingerprint density at radius 2 is 1.82 bits per heavy atom. The lowest BCUT2D eigenvalue weighted by atomic mass is 9.89. The maximum absolute atomic E-state index is 12.9. The van der Waals surface area contributed by atoms with Gasteiger partial charge in [0.15, 0.2) is 0 Å². The molecule has 0 radical (unpaired) electrons. The van der Waals surface area contributed by atoms with Crippen molar-refractivity contribution in [3.05, 3.63) is 83.4 Å². The van der Waals surface area contributed by atoms with Gasteiger partial charge in [-0.3, -0.25) is 9.58 Å². The first-order chi connectivity index (χ1) is 24.6. The van der Waals surface area contributed by atoms with Gasteiger partial charge in [-0.1, -0.05) is 25.1 Å². The molecule has 5 aromatic rings. The molecule has 8 rings (SSSR count). The molecule has 0 bridgehead atoms. The number of fused-ring (bicyclic) bond motifs is 2. The van der Waals surface area contributed by atoms with Crippen molar-refractivity contribution >= 4 is 27.9 Å². The van der Waals surface area contributed by atoms with Crippen LogP contribution in [0, 0.1) is 5.41 Å². The second-order valence-corrected chi connectivity index (χ2v) is 15.9. The van der Waals surface area contributed by atoms with Crippen LogP contribution >= 0.6 is 0 Å². The number of benzene rings is 2. The molecule has 0 aliphatic carbocycles. The fourth-order valence-electron chi connectivity index (χ4n) is 7.31. The van der Waals surface area contributed by atoms with Crippen LogP contribution in [0.3, 0.4) is 0 Å². The second-order valence-electron chi connectivity index (χ2n) is 15.9. The number of imidazole rings is 1. The summed E-state index contributed by atoms with van der Waals surface area (Å²) in [5.41, 5.74) is 5.25. The highest BCUT2D eigenvalue weighted by Crippen LogP contribution is 2.32. The van der Waals surface area contributed by atoms with Crippen molar-refractivity contribution in [1.82, 2.24) is 29.2 Å². The van der Waals surface area contributed by atoms with E-state index >= 15 is 0 Å². The summed E-state index contributed by atoms with van der Waals surface area (Å²) in [4.78, 5) is 25.4. The quantitative estimate of drug-likeness (QED) is 0.143. The molecule has 51 heavy (non-hydrogen) atoms. The number of carbonyl (C=O) groups is 1. The highest BCUT2D eigenvalue weighted by Gasteiger charge is 2.34. The van der Waals surface area contributed by atoms with E-state index in [1.807, 2.05) is 51.2 Å². The van der Waals surface area contributed by atoms with Gasteiger partial charge in [-0.05, 0) is 89.0 Å². The van der Waals surface area contributed by atoms with E-state index in [0.29, 0.717) is 24.0 Å². The van der Waals surface area contributed by atoms with E-state index in [2.05, 4.69) is 56.5 Å². The number of nitrogens with zero attached hydrogens (tertiary/aromatic N) is 6. The van der Waals surface area contributed by atoms with Crippen LogP contribution in [0.25, 0.3) is 21.9 Å². The van der Waals surface area contributed by atoms with Crippen molar-refractivity contribution in [1.29, 1.82) is 0 Å². The SMILES string of the molecule is CC1(Cn2ncc3ccc(COc4cccc(C5CCN(Cc6nc7ccc(C(=O)OC(C)(C)C)cc7n6CC6CCO6)CC5)n4)cc32)COC1. The van der Waals surface area contributed by atoms with E-state index in [4.69, 9.17) is 28.9 Å². The minimum Gasteiger partial charge on any atom is -0.473 e. The van der Waals surface area contributed by atoms with E-state index in [1.54, 1.807) is 0 Å². The van der Waals surface area contributed by atoms with E-state index in [1.165, 1.54) is 0 Å². The monoisotopic (exact) mass is 692 g/mol. The molecular weight excluding hydrogens is 644 g/mol. The van der Waals surface area contributed by atoms with Gasteiger partial charge in [-0.15, -0.1) is 0 Å². The van der Waals surface area contributed by atoms with Crippen LogP contribution in [-0.2, 0) is 40.5 Å². The fraction of sp³-hybridized carbons (Fsp3) is 0.500. The van der Waals surface area contributed by atoms with Crippen LogP contribution < -0.4 is 4.74 Å². The molecule has 1 unspecified atom stereocenters. The molecule has 0 amide bonds. The second kappa shape index (κ2) is 13.7. The van der Waals surface area contributed by atoms with Crippen LogP contribution in [0.1, 0.15) is 80.3 Å². The van der Waals surface area contributed by atoms with Crippen molar-refractivity contribution in [2.45, 2.75) is 90.8 Å². The predicted octanol–water partition coefficient (Wildman–Crippen LogP) is 6.52. The number of pyridine rings is 1. The lowest BCUT2D eigenvalue weighted by molar-refractivity contribution is -0.111. The summed E-state index contributed by atoms with van der Waals surface area (Å²) < 4.78 is 27.5. The molecule has 1 atom stereocenters. The van der Waals surface area contributed by atoms with Gasteiger partial charge in [0.25, 0.3) is 0 Å². The van der Waals surface area contributed by atoms with Crippen molar-refractivity contribution < 1.29 is 23.7 Å².